The van der Waals surface area contributed by atoms with E-state index in [1.165, 1.54) is 6.08 Å². The molecule has 2 aliphatic heterocycles. The first-order chi connectivity index (χ1) is 25.7. The van der Waals surface area contributed by atoms with Crippen LogP contribution in [0, 0.1) is 11.8 Å². The fourth-order valence-electron chi connectivity index (χ4n) is 7.08. The van der Waals surface area contributed by atoms with E-state index in [1.807, 2.05) is 67.6 Å². The lowest BCUT2D eigenvalue weighted by Crippen LogP contribution is -2.66. The number of hydrogen-bond acceptors (Lipinski definition) is 11. The van der Waals surface area contributed by atoms with Gasteiger partial charge in [0.2, 0.25) is 0 Å². The minimum atomic E-state index is -1.47. The van der Waals surface area contributed by atoms with Gasteiger partial charge in [-0.15, -0.1) is 0 Å². The molecule has 2 heterocycles. The molecule has 288 valence electrons. The first kappa shape index (κ1) is 38.8. The van der Waals surface area contributed by atoms with Gasteiger partial charge in [0.1, 0.15) is 37.1 Å². The molecule has 3 aliphatic rings. The van der Waals surface area contributed by atoms with Crippen molar-refractivity contribution in [3.63, 3.8) is 0 Å². The number of hydrogen-bond donors (Lipinski definition) is 3. The predicted octanol–water partition coefficient (Wildman–Crippen LogP) is 4.89. The summed E-state index contributed by atoms with van der Waals surface area (Å²) in [6, 6.07) is 18.8. The lowest BCUT2D eigenvalue weighted by Gasteiger charge is -2.48. The van der Waals surface area contributed by atoms with Crippen LogP contribution in [-0.2, 0) is 51.1 Å². The second kappa shape index (κ2) is 20.0. The molecular formula is C40H57NO11. The van der Waals surface area contributed by atoms with Crippen LogP contribution in [0.25, 0.3) is 0 Å². The number of nitrogens with one attached hydrogen (secondary N) is 1. The average Bonchev–Trinajstić information content (AvgIpc) is 3.16. The van der Waals surface area contributed by atoms with Crippen molar-refractivity contribution in [2.45, 2.75) is 128 Å². The standard InChI is InChI=1S/C40H57NO11/c1-6-21-46-40(44)41-32-34(43)33(42)31(24-45-7-2)51-38(32)50-30-20-14-15-25(3)35(30)52-39-37(48-23-29-18-12-9-13-19-29)36(26(4)27(5)49-39)47-22-28-16-10-8-11-17-28/h6,8-13,16-19,25-27,30-39,42-43H,1,7,14-15,20-24H2,2-5H3,(H,41,44)/t25-,26-,27?,30-,31+,32?,33+,34?,35?,36+,37?,38-,39+/m1/s1/i2T. The molecule has 0 bridgehead atoms. The fraction of sp³-hybridized carbons (Fsp3) is 0.625. The second-order valence-corrected chi connectivity index (χ2v) is 13.9. The molecule has 12 heteroatoms. The van der Waals surface area contributed by atoms with Gasteiger partial charge < -0.3 is 53.4 Å². The summed E-state index contributed by atoms with van der Waals surface area (Å²) in [6.45, 7) is 10.5. The Morgan fingerprint density at radius 1 is 0.904 bits per heavy atom. The van der Waals surface area contributed by atoms with E-state index in [2.05, 4.69) is 25.7 Å². The van der Waals surface area contributed by atoms with Gasteiger partial charge in [-0.1, -0.05) is 93.6 Å². The van der Waals surface area contributed by atoms with Crippen LogP contribution in [0.1, 0.15) is 59.4 Å². The minimum Gasteiger partial charge on any atom is -0.445 e. The van der Waals surface area contributed by atoms with Crippen molar-refractivity contribution in [1.29, 1.82) is 0 Å². The lowest BCUT2D eigenvalue weighted by molar-refractivity contribution is -0.339. The molecule has 2 aromatic rings. The van der Waals surface area contributed by atoms with Crippen molar-refractivity contribution in [2.75, 3.05) is 19.8 Å². The van der Waals surface area contributed by atoms with Gasteiger partial charge in [0.25, 0.3) is 0 Å². The number of amides is 1. The summed E-state index contributed by atoms with van der Waals surface area (Å²) in [5.74, 6) is 0.0188. The quantitative estimate of drug-likeness (QED) is 0.161. The first-order valence-corrected chi connectivity index (χ1v) is 18.4. The molecule has 5 unspecified atom stereocenters. The third-order valence-corrected chi connectivity index (χ3v) is 10.2. The largest absolute Gasteiger partial charge is 0.445 e. The normalized spacial score (nSPS) is 35.3. The lowest BCUT2D eigenvalue weighted by atomic mass is 9.85. The van der Waals surface area contributed by atoms with Gasteiger partial charge in [-0.2, -0.15) is 0 Å². The summed E-state index contributed by atoms with van der Waals surface area (Å²) in [4.78, 5) is 12.7. The van der Waals surface area contributed by atoms with Crippen LogP contribution in [0.15, 0.2) is 73.3 Å². The molecule has 0 aromatic heterocycles. The number of aliphatic hydroxyl groups excluding tert-OH is 2. The summed E-state index contributed by atoms with van der Waals surface area (Å²) in [7, 11) is 0. The number of benzene rings is 2. The van der Waals surface area contributed by atoms with Gasteiger partial charge in [-0.05, 0) is 43.7 Å². The molecule has 5 rings (SSSR count). The van der Waals surface area contributed by atoms with Gasteiger partial charge in [0.15, 0.2) is 12.6 Å². The third kappa shape index (κ3) is 10.6. The van der Waals surface area contributed by atoms with Crippen LogP contribution in [0.4, 0.5) is 4.79 Å². The van der Waals surface area contributed by atoms with E-state index in [0.29, 0.717) is 19.6 Å². The van der Waals surface area contributed by atoms with E-state index < -0.39 is 61.3 Å². The third-order valence-electron chi connectivity index (χ3n) is 10.2. The van der Waals surface area contributed by atoms with Crippen LogP contribution in [0.5, 0.6) is 0 Å². The molecule has 0 radical (unpaired) electrons. The number of ether oxygens (including phenoxy) is 8. The first-order valence-electron chi connectivity index (χ1n) is 19.1. The summed E-state index contributed by atoms with van der Waals surface area (Å²) >= 11 is 0. The summed E-state index contributed by atoms with van der Waals surface area (Å²) in [5, 5.41) is 24.8. The Bertz CT molecular complexity index is 1370. The highest BCUT2D eigenvalue weighted by atomic mass is 16.7. The number of aliphatic hydroxyl groups is 2. The van der Waals surface area contributed by atoms with Crippen LogP contribution in [-0.4, -0.2) is 104 Å². The molecule has 13 atom stereocenters. The molecule has 52 heavy (non-hydrogen) atoms. The topological polar surface area (TPSA) is 143 Å². The minimum absolute atomic E-state index is 0.0133. The molecule has 0 spiro atoms. The maximum atomic E-state index is 12.7. The Morgan fingerprint density at radius 3 is 2.23 bits per heavy atom. The van der Waals surface area contributed by atoms with Crippen molar-refractivity contribution < 1.29 is 54.3 Å². The van der Waals surface area contributed by atoms with E-state index in [9.17, 15) is 15.0 Å². The molecule has 1 aliphatic carbocycles. The Morgan fingerprint density at radius 2 is 1.58 bits per heavy atom. The van der Waals surface area contributed by atoms with Gasteiger partial charge in [0.05, 0.1) is 44.2 Å². The Labute approximate surface area is 309 Å². The molecule has 1 amide bonds. The van der Waals surface area contributed by atoms with Gasteiger partial charge in [0, 0.05) is 13.9 Å². The van der Waals surface area contributed by atoms with E-state index in [-0.39, 0.29) is 50.8 Å². The van der Waals surface area contributed by atoms with Crippen molar-refractivity contribution in [3.05, 3.63) is 84.4 Å². The van der Waals surface area contributed by atoms with E-state index in [4.69, 9.17) is 39.3 Å². The van der Waals surface area contributed by atoms with Crippen molar-refractivity contribution in [3.8, 4) is 0 Å². The fourth-order valence-corrected chi connectivity index (χ4v) is 7.08. The predicted molar refractivity (Wildman–Crippen MR) is 192 cm³/mol. The van der Waals surface area contributed by atoms with Gasteiger partial charge in [-0.25, -0.2) is 4.79 Å². The van der Waals surface area contributed by atoms with Gasteiger partial charge in [-0.3, -0.25) is 0 Å². The molecule has 12 nitrogen and oxygen atoms in total. The highest BCUT2D eigenvalue weighted by molar-refractivity contribution is 5.67. The summed E-state index contributed by atoms with van der Waals surface area (Å²) in [6.07, 6.45) is -5.16. The van der Waals surface area contributed by atoms with Crippen molar-refractivity contribution in [1.82, 2.24) is 5.32 Å². The highest BCUT2D eigenvalue weighted by Crippen LogP contribution is 2.38. The van der Waals surface area contributed by atoms with Gasteiger partial charge >= 0.3 is 6.09 Å². The molecular weight excluding hydrogens is 670 g/mol. The summed E-state index contributed by atoms with van der Waals surface area (Å²) < 4.78 is 57.7. The van der Waals surface area contributed by atoms with Crippen molar-refractivity contribution in [2.24, 2.45) is 11.8 Å². The second-order valence-electron chi connectivity index (χ2n) is 13.9. The molecule has 1 saturated carbocycles. The zero-order valence-electron chi connectivity index (χ0n) is 31.5. The number of rotatable bonds is 16. The average molecular weight is 730 g/mol. The highest BCUT2D eigenvalue weighted by Gasteiger charge is 2.50. The van der Waals surface area contributed by atoms with Crippen LogP contribution in [0.2, 0.25) is 0 Å². The smallest absolute Gasteiger partial charge is 0.407 e. The summed E-state index contributed by atoms with van der Waals surface area (Å²) in [5.41, 5.74) is 2.06. The number of alkyl carbamates (subject to hydrolysis) is 1. The van der Waals surface area contributed by atoms with Crippen molar-refractivity contribution >= 4 is 6.09 Å². The Balaban J connectivity index is 1.38. The zero-order chi connectivity index (χ0) is 37.7. The maximum Gasteiger partial charge on any atom is 0.407 e. The maximum absolute atomic E-state index is 12.7. The molecule has 3 fully saturated rings. The van der Waals surface area contributed by atoms with E-state index in [1.54, 1.807) is 0 Å². The van der Waals surface area contributed by atoms with Crippen LogP contribution in [0.3, 0.4) is 0 Å². The monoisotopic (exact) mass is 729 g/mol. The molecule has 2 aromatic carbocycles. The SMILES string of the molecule is [3H]CCOC[C@@H]1O[C@@H](O[C@@H]2CCC[C@@H](C)C2O[C@@H]2OC(C)[C@@H](C)[C@H](OCc3ccccc3)C2OCc2ccccc2)C(NC(=O)OCC=C)C(O)[C@H]1O. The molecule has 2 saturated heterocycles. The molecule has 3 N–H and O–H groups in total. The Kier molecular flexibility index (Phi) is 14.9. The zero-order valence-corrected chi connectivity index (χ0v) is 30.5. The van der Waals surface area contributed by atoms with E-state index >= 15 is 0 Å². The number of carbonyl (C=O) groups is 1. The van der Waals surface area contributed by atoms with Crippen LogP contribution < -0.4 is 5.32 Å². The van der Waals surface area contributed by atoms with E-state index in [0.717, 1.165) is 24.0 Å². The Hall–Kier alpha value is -2.91. The number of carbonyl (C=O) groups excluding carboxylic acids is 1. The van der Waals surface area contributed by atoms with Crippen LogP contribution >= 0.6 is 0 Å².